The van der Waals surface area contributed by atoms with Gasteiger partial charge < -0.3 is 10.2 Å². The van der Waals surface area contributed by atoms with Crippen LogP contribution in [0.2, 0.25) is 5.02 Å². The van der Waals surface area contributed by atoms with Crippen molar-refractivity contribution in [2.24, 2.45) is 0 Å². The van der Waals surface area contributed by atoms with Gasteiger partial charge in [0.1, 0.15) is 0 Å². The van der Waals surface area contributed by atoms with Crippen molar-refractivity contribution in [3.05, 3.63) is 34.7 Å². The van der Waals surface area contributed by atoms with Gasteiger partial charge in [-0.1, -0.05) is 29.0 Å². The van der Waals surface area contributed by atoms with Gasteiger partial charge in [-0.3, -0.25) is 0 Å². The Labute approximate surface area is 150 Å². The molecule has 0 amide bonds. The monoisotopic (exact) mass is 383 g/mol. The smallest absolute Gasteiger partial charge is 0.186 e. The second-order valence-corrected chi connectivity index (χ2v) is 9.68. The number of aromatic nitrogens is 1. The molecule has 0 unspecified atom stereocenters. The molecule has 0 bridgehead atoms. The topological polar surface area (TPSA) is 62.3 Å². The lowest BCUT2D eigenvalue weighted by Gasteiger charge is -2.33. The van der Waals surface area contributed by atoms with Gasteiger partial charge in [-0.2, -0.15) is 0 Å². The number of rotatable bonds is 3. The maximum Gasteiger partial charge on any atom is 0.186 e. The molecule has 0 spiro atoms. The van der Waals surface area contributed by atoms with Crippen LogP contribution in [0.3, 0.4) is 0 Å². The molecular weight excluding hydrogens is 366 g/mol. The SMILES string of the molecule is O=S1(=O)C=C[C@@H](NC2CCN(c3nc4ccc(Cl)cc4s3)CC2)C1. The zero-order chi connectivity index (χ0) is 16.7. The van der Waals surface area contributed by atoms with Gasteiger partial charge >= 0.3 is 0 Å². The molecule has 1 atom stereocenters. The van der Waals surface area contributed by atoms with Crippen molar-refractivity contribution < 1.29 is 8.42 Å². The number of hydrogen-bond acceptors (Lipinski definition) is 6. The Morgan fingerprint density at radius 3 is 2.79 bits per heavy atom. The van der Waals surface area contributed by atoms with E-state index in [9.17, 15) is 8.42 Å². The minimum atomic E-state index is -2.99. The highest BCUT2D eigenvalue weighted by Gasteiger charge is 2.27. The summed E-state index contributed by atoms with van der Waals surface area (Å²) in [5, 5.41) is 6.55. The number of piperidine rings is 1. The molecule has 1 N–H and O–H groups in total. The predicted octanol–water partition coefficient (Wildman–Crippen LogP) is 2.82. The lowest BCUT2D eigenvalue weighted by Crippen LogP contribution is -2.46. The van der Waals surface area contributed by atoms with Crippen LogP contribution >= 0.6 is 22.9 Å². The van der Waals surface area contributed by atoms with Gasteiger partial charge in [-0.15, -0.1) is 0 Å². The molecule has 2 aliphatic heterocycles. The minimum Gasteiger partial charge on any atom is -0.348 e. The summed E-state index contributed by atoms with van der Waals surface area (Å²) < 4.78 is 24.1. The van der Waals surface area contributed by atoms with E-state index < -0.39 is 9.84 Å². The molecule has 1 saturated heterocycles. The van der Waals surface area contributed by atoms with E-state index in [-0.39, 0.29) is 11.8 Å². The second-order valence-electron chi connectivity index (χ2n) is 6.30. The van der Waals surface area contributed by atoms with E-state index in [0.29, 0.717) is 6.04 Å². The average Bonchev–Trinajstić information content (AvgIpc) is 3.10. The van der Waals surface area contributed by atoms with Gasteiger partial charge in [-0.05, 0) is 31.0 Å². The molecule has 24 heavy (non-hydrogen) atoms. The summed E-state index contributed by atoms with van der Waals surface area (Å²) in [4.78, 5) is 7.00. The molecular formula is C16H18ClN3O2S2. The zero-order valence-electron chi connectivity index (χ0n) is 13.0. The molecule has 3 heterocycles. The molecule has 2 aliphatic rings. The lowest BCUT2D eigenvalue weighted by atomic mass is 10.0. The van der Waals surface area contributed by atoms with Crippen molar-refractivity contribution in [1.82, 2.24) is 10.3 Å². The third-order valence-corrected chi connectivity index (χ3v) is 7.19. The number of fused-ring (bicyclic) bond motifs is 1. The highest BCUT2D eigenvalue weighted by molar-refractivity contribution is 7.94. The minimum absolute atomic E-state index is 0.0452. The summed E-state index contributed by atoms with van der Waals surface area (Å²) >= 11 is 7.71. The molecule has 1 fully saturated rings. The van der Waals surface area contributed by atoms with Crippen LogP contribution in [0.1, 0.15) is 12.8 Å². The molecule has 8 heteroatoms. The number of hydrogen-bond donors (Lipinski definition) is 1. The van der Waals surface area contributed by atoms with Crippen molar-refractivity contribution in [3.8, 4) is 0 Å². The maximum absolute atomic E-state index is 11.5. The second kappa shape index (κ2) is 6.29. The lowest BCUT2D eigenvalue weighted by molar-refractivity contribution is 0.401. The molecule has 0 saturated carbocycles. The summed E-state index contributed by atoms with van der Waals surface area (Å²) in [5.74, 6) is 0.186. The van der Waals surface area contributed by atoms with Crippen LogP contribution in [0.25, 0.3) is 10.2 Å². The number of nitrogens with one attached hydrogen (secondary N) is 1. The molecule has 0 aliphatic carbocycles. The zero-order valence-corrected chi connectivity index (χ0v) is 15.4. The van der Waals surface area contributed by atoms with Crippen LogP contribution in [-0.4, -0.2) is 44.3 Å². The Hall–Kier alpha value is -1.15. The fraction of sp³-hybridized carbons (Fsp3) is 0.438. The fourth-order valence-corrected chi connectivity index (χ4v) is 5.78. The number of nitrogens with zero attached hydrogens (tertiary/aromatic N) is 2. The van der Waals surface area contributed by atoms with Gasteiger partial charge in [0.2, 0.25) is 0 Å². The van der Waals surface area contributed by atoms with E-state index >= 15 is 0 Å². The van der Waals surface area contributed by atoms with Crippen molar-refractivity contribution >= 4 is 48.1 Å². The molecule has 128 valence electrons. The van der Waals surface area contributed by atoms with Crippen LogP contribution < -0.4 is 10.2 Å². The van der Waals surface area contributed by atoms with Gasteiger partial charge in [0.15, 0.2) is 15.0 Å². The fourth-order valence-electron chi connectivity index (χ4n) is 3.24. The Morgan fingerprint density at radius 1 is 1.29 bits per heavy atom. The van der Waals surface area contributed by atoms with Crippen LogP contribution in [0.5, 0.6) is 0 Å². The number of sulfone groups is 1. The summed E-state index contributed by atoms with van der Waals surface area (Å²) in [6.07, 6.45) is 3.74. The van der Waals surface area contributed by atoms with Crippen molar-refractivity contribution in [2.75, 3.05) is 23.7 Å². The predicted molar refractivity (Wildman–Crippen MR) is 99.7 cm³/mol. The number of anilines is 1. The largest absolute Gasteiger partial charge is 0.348 e. The van der Waals surface area contributed by atoms with E-state index in [0.717, 1.165) is 46.3 Å². The van der Waals surface area contributed by atoms with Crippen molar-refractivity contribution in [2.45, 2.75) is 24.9 Å². The molecule has 5 nitrogen and oxygen atoms in total. The van der Waals surface area contributed by atoms with E-state index in [4.69, 9.17) is 16.6 Å². The highest BCUT2D eigenvalue weighted by Crippen LogP contribution is 2.32. The first-order chi connectivity index (χ1) is 11.5. The molecule has 0 radical (unpaired) electrons. The first kappa shape index (κ1) is 16.3. The van der Waals surface area contributed by atoms with E-state index in [1.54, 1.807) is 17.4 Å². The summed E-state index contributed by atoms with van der Waals surface area (Å²) in [6.45, 7) is 1.85. The standard InChI is InChI=1S/C16H18ClN3O2S2/c17-11-1-2-14-15(9-11)23-16(19-14)20-6-3-12(4-7-20)18-13-5-8-24(21,22)10-13/h1-2,5,8-9,12-13,18H,3-4,6-7,10H2/t13-/m1/s1. The van der Waals surface area contributed by atoms with Crippen LogP contribution in [0.15, 0.2) is 29.7 Å². The molecule has 1 aromatic carbocycles. The number of halogens is 1. The Kier molecular flexibility index (Phi) is 4.28. The quantitative estimate of drug-likeness (QED) is 0.883. The van der Waals surface area contributed by atoms with Crippen molar-refractivity contribution in [1.29, 1.82) is 0 Å². The number of benzene rings is 1. The third-order valence-electron chi connectivity index (χ3n) is 4.48. The molecule has 2 aromatic rings. The van der Waals surface area contributed by atoms with E-state index in [2.05, 4.69) is 10.2 Å². The third kappa shape index (κ3) is 3.44. The van der Waals surface area contributed by atoms with Crippen LogP contribution in [0, 0.1) is 0 Å². The first-order valence-electron chi connectivity index (χ1n) is 7.97. The molecule has 4 rings (SSSR count). The average molecular weight is 384 g/mol. The maximum atomic E-state index is 11.5. The first-order valence-corrected chi connectivity index (χ1v) is 10.9. The normalized spacial score (nSPS) is 24.0. The van der Waals surface area contributed by atoms with Gasteiger partial charge in [0, 0.05) is 35.6 Å². The Morgan fingerprint density at radius 2 is 2.08 bits per heavy atom. The summed E-state index contributed by atoms with van der Waals surface area (Å²) in [7, 11) is -2.99. The Balaban J connectivity index is 1.38. The molecule has 1 aromatic heterocycles. The van der Waals surface area contributed by atoms with Crippen LogP contribution in [0.4, 0.5) is 5.13 Å². The van der Waals surface area contributed by atoms with Gasteiger partial charge in [0.25, 0.3) is 0 Å². The van der Waals surface area contributed by atoms with E-state index in [1.165, 1.54) is 5.41 Å². The van der Waals surface area contributed by atoms with Gasteiger partial charge in [0.05, 0.1) is 16.0 Å². The van der Waals surface area contributed by atoms with Crippen LogP contribution in [-0.2, 0) is 9.84 Å². The highest BCUT2D eigenvalue weighted by atomic mass is 35.5. The Bertz CT molecular complexity index is 886. The van der Waals surface area contributed by atoms with Crippen molar-refractivity contribution in [3.63, 3.8) is 0 Å². The van der Waals surface area contributed by atoms with E-state index in [1.807, 2.05) is 18.2 Å². The number of thiazole rings is 1. The summed E-state index contributed by atoms with van der Waals surface area (Å²) in [5.41, 5.74) is 0.987. The van der Waals surface area contributed by atoms with Gasteiger partial charge in [-0.25, -0.2) is 13.4 Å². The summed E-state index contributed by atoms with van der Waals surface area (Å²) in [6, 6.07) is 6.09.